The van der Waals surface area contributed by atoms with Crippen LogP contribution in [0.25, 0.3) is 0 Å². The summed E-state index contributed by atoms with van der Waals surface area (Å²) in [5.74, 6) is 0. The Morgan fingerprint density at radius 1 is 1.25 bits per heavy atom. The minimum absolute atomic E-state index is 0.462. The molecule has 2 nitrogen and oxygen atoms in total. The van der Waals surface area contributed by atoms with Crippen molar-refractivity contribution in [2.45, 2.75) is 38.6 Å². The molecule has 1 saturated carbocycles. The summed E-state index contributed by atoms with van der Waals surface area (Å²) in [6.07, 6.45) is 4.10. The monoisotopic (exact) mass is 172 g/mol. The highest BCUT2D eigenvalue weighted by molar-refractivity contribution is 4.96. The fourth-order valence-electron chi connectivity index (χ4n) is 1.70. The summed E-state index contributed by atoms with van der Waals surface area (Å²) in [5.41, 5.74) is 0.462. The van der Waals surface area contributed by atoms with Crippen molar-refractivity contribution in [2.75, 3.05) is 27.7 Å². The lowest BCUT2D eigenvalue weighted by molar-refractivity contribution is 0.146. The molecule has 0 aromatic carbocycles. The van der Waals surface area contributed by atoms with E-state index in [0.29, 0.717) is 5.54 Å². The second kappa shape index (κ2) is 5.55. The highest BCUT2D eigenvalue weighted by Crippen LogP contribution is 2.31. The smallest absolute Gasteiger partial charge is 0.0305 e. The molecule has 0 atom stereocenters. The Kier molecular flexibility index (Phi) is 5.51. The zero-order valence-electron chi connectivity index (χ0n) is 9.28. The van der Waals surface area contributed by atoms with Gasteiger partial charge in [-0.1, -0.05) is 13.8 Å². The van der Waals surface area contributed by atoms with Crippen LogP contribution in [0, 0.1) is 0 Å². The van der Waals surface area contributed by atoms with E-state index in [4.69, 9.17) is 0 Å². The maximum Gasteiger partial charge on any atom is 0.0305 e. The molecule has 1 aliphatic rings. The molecule has 0 aromatic rings. The van der Waals surface area contributed by atoms with Crippen molar-refractivity contribution in [2.24, 2.45) is 0 Å². The average Bonchev–Trinajstić information content (AvgIpc) is 2.01. The van der Waals surface area contributed by atoms with Crippen molar-refractivity contribution in [3.63, 3.8) is 0 Å². The SMILES string of the molecule is CC.CNC1(CN(C)C)CCC1. The Balaban J connectivity index is 0.000000561. The number of nitrogens with zero attached hydrogens (tertiary/aromatic N) is 1. The predicted octanol–water partition coefficient (Wildman–Crippen LogP) is 1.72. The van der Waals surface area contributed by atoms with Crippen molar-refractivity contribution in [1.82, 2.24) is 10.2 Å². The van der Waals surface area contributed by atoms with E-state index >= 15 is 0 Å². The first-order chi connectivity index (χ1) is 5.68. The second-order valence-electron chi connectivity index (χ2n) is 3.62. The Bertz CT molecular complexity index is 101. The van der Waals surface area contributed by atoms with Gasteiger partial charge in [-0.25, -0.2) is 0 Å². The molecule has 0 saturated heterocycles. The van der Waals surface area contributed by atoms with E-state index in [0.717, 1.165) is 0 Å². The van der Waals surface area contributed by atoms with Crippen molar-refractivity contribution >= 4 is 0 Å². The summed E-state index contributed by atoms with van der Waals surface area (Å²) in [5, 5.41) is 3.40. The number of hydrogen-bond donors (Lipinski definition) is 1. The van der Waals surface area contributed by atoms with Gasteiger partial charge < -0.3 is 10.2 Å². The van der Waals surface area contributed by atoms with Gasteiger partial charge in [0.15, 0.2) is 0 Å². The van der Waals surface area contributed by atoms with Crippen molar-refractivity contribution in [3.05, 3.63) is 0 Å². The van der Waals surface area contributed by atoms with Crippen LogP contribution in [0.5, 0.6) is 0 Å². The number of likely N-dealkylation sites (N-methyl/N-ethyl adjacent to an activating group) is 2. The molecule has 74 valence electrons. The second-order valence-corrected chi connectivity index (χ2v) is 3.62. The molecule has 0 aromatic heterocycles. The van der Waals surface area contributed by atoms with Crippen LogP contribution in [0.15, 0.2) is 0 Å². The van der Waals surface area contributed by atoms with Gasteiger partial charge >= 0.3 is 0 Å². The van der Waals surface area contributed by atoms with Crippen LogP contribution in [0.2, 0.25) is 0 Å². The molecule has 0 radical (unpaired) electrons. The molecule has 12 heavy (non-hydrogen) atoms. The zero-order valence-corrected chi connectivity index (χ0v) is 9.28. The lowest BCUT2D eigenvalue weighted by Crippen LogP contribution is -2.55. The van der Waals surface area contributed by atoms with Gasteiger partial charge in [-0.05, 0) is 40.4 Å². The van der Waals surface area contributed by atoms with E-state index in [1.165, 1.54) is 25.8 Å². The van der Waals surface area contributed by atoms with Crippen molar-refractivity contribution < 1.29 is 0 Å². The summed E-state index contributed by atoms with van der Waals surface area (Å²) in [6.45, 7) is 5.18. The molecule has 1 aliphatic carbocycles. The molecule has 0 unspecified atom stereocenters. The van der Waals surface area contributed by atoms with Gasteiger partial charge in [0.05, 0.1) is 0 Å². The fraction of sp³-hybridized carbons (Fsp3) is 1.00. The summed E-state index contributed by atoms with van der Waals surface area (Å²) < 4.78 is 0. The maximum absolute atomic E-state index is 3.40. The Morgan fingerprint density at radius 2 is 1.75 bits per heavy atom. The summed E-state index contributed by atoms with van der Waals surface area (Å²) in [4.78, 5) is 2.26. The highest BCUT2D eigenvalue weighted by atomic mass is 15.1. The average molecular weight is 172 g/mol. The molecule has 0 heterocycles. The first-order valence-corrected chi connectivity index (χ1v) is 5.02. The first kappa shape index (κ1) is 11.9. The van der Waals surface area contributed by atoms with E-state index in [1.54, 1.807) is 0 Å². The first-order valence-electron chi connectivity index (χ1n) is 5.02. The van der Waals surface area contributed by atoms with Crippen LogP contribution in [0.1, 0.15) is 33.1 Å². The zero-order chi connectivity index (χ0) is 9.61. The third-order valence-electron chi connectivity index (χ3n) is 2.46. The largest absolute Gasteiger partial charge is 0.313 e. The predicted molar refractivity (Wildman–Crippen MR) is 55.5 cm³/mol. The third kappa shape index (κ3) is 3.11. The molecule has 1 N–H and O–H groups in total. The minimum Gasteiger partial charge on any atom is -0.313 e. The molecular weight excluding hydrogens is 148 g/mol. The molecule has 0 spiro atoms. The lowest BCUT2D eigenvalue weighted by atomic mass is 9.76. The van der Waals surface area contributed by atoms with Crippen LogP contribution in [-0.4, -0.2) is 38.1 Å². The van der Waals surface area contributed by atoms with E-state index in [-0.39, 0.29) is 0 Å². The van der Waals surface area contributed by atoms with Crippen LogP contribution in [-0.2, 0) is 0 Å². The van der Waals surface area contributed by atoms with Gasteiger partial charge in [0, 0.05) is 12.1 Å². The summed E-state index contributed by atoms with van der Waals surface area (Å²) >= 11 is 0. The normalized spacial score (nSPS) is 19.5. The van der Waals surface area contributed by atoms with Gasteiger partial charge in [-0.15, -0.1) is 0 Å². The lowest BCUT2D eigenvalue weighted by Gasteiger charge is -2.43. The Hall–Kier alpha value is -0.0800. The van der Waals surface area contributed by atoms with Crippen LogP contribution in [0.4, 0.5) is 0 Å². The van der Waals surface area contributed by atoms with Gasteiger partial charge in [0.1, 0.15) is 0 Å². The van der Waals surface area contributed by atoms with Crippen molar-refractivity contribution in [3.8, 4) is 0 Å². The van der Waals surface area contributed by atoms with E-state index < -0.39 is 0 Å². The van der Waals surface area contributed by atoms with Gasteiger partial charge in [-0.2, -0.15) is 0 Å². The van der Waals surface area contributed by atoms with Crippen LogP contribution >= 0.6 is 0 Å². The number of nitrogens with one attached hydrogen (secondary N) is 1. The van der Waals surface area contributed by atoms with Gasteiger partial charge in [0.25, 0.3) is 0 Å². The fourth-order valence-corrected chi connectivity index (χ4v) is 1.70. The van der Waals surface area contributed by atoms with Crippen LogP contribution in [0.3, 0.4) is 0 Å². The standard InChI is InChI=1S/C8H18N2.C2H6/c1-9-8(5-4-6-8)7-10(2)3;1-2/h9H,4-7H2,1-3H3;1-2H3. The molecule has 0 aliphatic heterocycles. The third-order valence-corrected chi connectivity index (χ3v) is 2.46. The number of hydrogen-bond acceptors (Lipinski definition) is 2. The van der Waals surface area contributed by atoms with Crippen molar-refractivity contribution in [1.29, 1.82) is 0 Å². The number of rotatable bonds is 3. The molecule has 0 bridgehead atoms. The molecule has 1 rings (SSSR count). The Morgan fingerprint density at radius 3 is 1.83 bits per heavy atom. The van der Waals surface area contributed by atoms with Gasteiger partial charge in [0.2, 0.25) is 0 Å². The molecule has 0 amide bonds. The highest BCUT2D eigenvalue weighted by Gasteiger charge is 2.35. The van der Waals surface area contributed by atoms with Crippen LogP contribution < -0.4 is 5.32 Å². The Labute approximate surface area is 77.3 Å². The maximum atomic E-state index is 3.40. The molecular formula is C10H24N2. The topological polar surface area (TPSA) is 15.3 Å². The quantitative estimate of drug-likeness (QED) is 0.697. The molecule has 1 fully saturated rings. The summed E-state index contributed by atoms with van der Waals surface area (Å²) in [6, 6.07) is 0. The summed E-state index contributed by atoms with van der Waals surface area (Å²) in [7, 11) is 6.34. The molecule has 2 heteroatoms. The minimum atomic E-state index is 0.462. The van der Waals surface area contributed by atoms with E-state index in [1.807, 2.05) is 13.8 Å². The van der Waals surface area contributed by atoms with Gasteiger partial charge in [-0.3, -0.25) is 0 Å². The van der Waals surface area contributed by atoms with E-state index in [9.17, 15) is 0 Å². The van der Waals surface area contributed by atoms with E-state index in [2.05, 4.69) is 31.4 Å².